The van der Waals surface area contributed by atoms with Crippen molar-refractivity contribution in [3.8, 4) is 11.8 Å². The van der Waals surface area contributed by atoms with Crippen LogP contribution in [0.5, 0.6) is 0 Å². The highest BCUT2D eigenvalue weighted by Crippen LogP contribution is 2.09. The number of nitrogens with zero attached hydrogens (tertiary/aromatic N) is 5. The van der Waals surface area contributed by atoms with Crippen LogP contribution in [0.3, 0.4) is 0 Å². The van der Waals surface area contributed by atoms with Crippen LogP contribution in [0.2, 0.25) is 0 Å². The molecule has 7 heteroatoms. The highest BCUT2D eigenvalue weighted by Gasteiger charge is 2.11. The Morgan fingerprint density at radius 3 is 2.54 bits per heavy atom. The summed E-state index contributed by atoms with van der Waals surface area (Å²) >= 11 is 0. The molecule has 0 fully saturated rings. The van der Waals surface area contributed by atoms with Gasteiger partial charge in [0.2, 0.25) is 0 Å². The number of hydrogen-bond donors (Lipinski definition) is 0. The first kappa shape index (κ1) is 15.5. The van der Waals surface area contributed by atoms with Gasteiger partial charge in [0, 0.05) is 25.1 Å². The molecular weight excluding hydrogens is 306 g/mol. The van der Waals surface area contributed by atoms with Crippen molar-refractivity contribution < 1.29 is 0 Å². The molecular formula is C17H15N5O2. The van der Waals surface area contributed by atoms with E-state index in [0.717, 1.165) is 15.8 Å². The van der Waals surface area contributed by atoms with Gasteiger partial charge in [0.1, 0.15) is 11.6 Å². The second-order valence-electron chi connectivity index (χ2n) is 5.23. The minimum absolute atomic E-state index is 0.0374. The fourth-order valence-corrected chi connectivity index (χ4v) is 2.45. The van der Waals surface area contributed by atoms with Crippen molar-refractivity contribution in [2.45, 2.75) is 20.0 Å². The highest BCUT2D eigenvalue weighted by molar-refractivity contribution is 5.34. The van der Waals surface area contributed by atoms with E-state index in [4.69, 9.17) is 5.26 Å². The summed E-state index contributed by atoms with van der Waals surface area (Å²) in [5, 5.41) is 13.2. The maximum atomic E-state index is 12.3. The van der Waals surface area contributed by atoms with Gasteiger partial charge in [-0.25, -0.2) is 9.48 Å². The molecule has 120 valence electrons. The molecule has 3 rings (SSSR count). The van der Waals surface area contributed by atoms with Crippen LogP contribution in [0.25, 0.3) is 5.69 Å². The average molecular weight is 321 g/mol. The van der Waals surface area contributed by atoms with Gasteiger partial charge in [0.15, 0.2) is 0 Å². The maximum absolute atomic E-state index is 12.3. The topological polar surface area (TPSA) is 85.6 Å². The Balaban J connectivity index is 1.98. The summed E-state index contributed by atoms with van der Waals surface area (Å²) in [5.41, 5.74) is 0.654. The third-order valence-electron chi connectivity index (χ3n) is 3.74. The van der Waals surface area contributed by atoms with Crippen LogP contribution >= 0.6 is 0 Å². The van der Waals surface area contributed by atoms with Crippen LogP contribution in [-0.4, -0.2) is 18.9 Å². The zero-order valence-corrected chi connectivity index (χ0v) is 13.1. The number of rotatable bonds is 4. The van der Waals surface area contributed by atoms with E-state index in [1.165, 1.54) is 10.8 Å². The van der Waals surface area contributed by atoms with Gasteiger partial charge in [0.05, 0.1) is 12.2 Å². The lowest BCUT2D eigenvalue weighted by Gasteiger charge is -2.10. The molecule has 0 amide bonds. The molecule has 0 atom stereocenters. The molecule has 0 radical (unpaired) electrons. The lowest BCUT2D eigenvalue weighted by atomic mass is 10.2. The molecule has 0 bridgehead atoms. The summed E-state index contributed by atoms with van der Waals surface area (Å²) < 4.78 is 4.17. The van der Waals surface area contributed by atoms with Crippen LogP contribution in [0.15, 0.2) is 58.5 Å². The molecule has 3 aromatic rings. The molecule has 1 aromatic carbocycles. The first-order valence-corrected chi connectivity index (χ1v) is 7.47. The van der Waals surface area contributed by atoms with Gasteiger partial charge in [-0.05, 0) is 30.7 Å². The van der Waals surface area contributed by atoms with Crippen molar-refractivity contribution in [1.82, 2.24) is 18.9 Å². The van der Waals surface area contributed by atoms with Crippen molar-refractivity contribution in [2.75, 3.05) is 0 Å². The Bertz CT molecular complexity index is 1010. The fraction of sp³-hybridized carbons (Fsp3) is 0.176. The largest absolute Gasteiger partial charge is 0.331 e. The van der Waals surface area contributed by atoms with Gasteiger partial charge in [-0.1, -0.05) is 12.1 Å². The van der Waals surface area contributed by atoms with Crippen molar-refractivity contribution in [3.63, 3.8) is 0 Å². The van der Waals surface area contributed by atoms with Gasteiger partial charge in [-0.15, -0.1) is 0 Å². The lowest BCUT2D eigenvalue weighted by molar-refractivity contribution is 0.597. The summed E-state index contributed by atoms with van der Waals surface area (Å²) in [6.45, 7) is 2.30. The summed E-state index contributed by atoms with van der Waals surface area (Å²) in [4.78, 5) is 24.6. The normalized spacial score (nSPS) is 10.5. The van der Waals surface area contributed by atoms with E-state index in [1.807, 2.05) is 42.6 Å². The van der Waals surface area contributed by atoms with Gasteiger partial charge in [-0.2, -0.15) is 10.4 Å². The third-order valence-corrected chi connectivity index (χ3v) is 3.74. The molecule has 2 aromatic heterocycles. The molecule has 0 saturated heterocycles. The Kier molecular flexibility index (Phi) is 4.12. The predicted octanol–water partition coefficient (Wildman–Crippen LogP) is 1.14. The van der Waals surface area contributed by atoms with Crippen LogP contribution in [0.4, 0.5) is 0 Å². The molecule has 0 saturated carbocycles. The van der Waals surface area contributed by atoms with Crippen LogP contribution in [-0.2, 0) is 13.1 Å². The molecule has 0 aliphatic rings. The second kappa shape index (κ2) is 6.38. The van der Waals surface area contributed by atoms with Gasteiger partial charge < -0.3 is 0 Å². The molecule has 24 heavy (non-hydrogen) atoms. The highest BCUT2D eigenvalue weighted by atomic mass is 16.2. The van der Waals surface area contributed by atoms with E-state index in [0.29, 0.717) is 6.54 Å². The first-order chi connectivity index (χ1) is 11.6. The number of aryl methyl sites for hydroxylation is 1. The minimum atomic E-state index is -0.566. The Hall–Kier alpha value is -3.40. The number of hydrogen-bond acceptors (Lipinski definition) is 4. The van der Waals surface area contributed by atoms with E-state index in [1.54, 1.807) is 17.8 Å². The quantitative estimate of drug-likeness (QED) is 0.721. The maximum Gasteiger partial charge on any atom is 0.331 e. The predicted molar refractivity (Wildman–Crippen MR) is 88.0 cm³/mol. The number of aromatic nitrogens is 4. The van der Waals surface area contributed by atoms with E-state index in [9.17, 15) is 9.59 Å². The van der Waals surface area contributed by atoms with Crippen LogP contribution in [0, 0.1) is 11.3 Å². The monoisotopic (exact) mass is 321 g/mol. The van der Waals surface area contributed by atoms with Crippen molar-refractivity contribution in [2.24, 2.45) is 0 Å². The third kappa shape index (κ3) is 2.77. The van der Waals surface area contributed by atoms with Crippen LogP contribution in [0.1, 0.15) is 18.1 Å². The molecule has 0 N–H and O–H groups in total. The molecule has 0 aliphatic heterocycles. The molecule has 0 spiro atoms. The van der Waals surface area contributed by atoms with Gasteiger partial charge in [-0.3, -0.25) is 13.9 Å². The Morgan fingerprint density at radius 2 is 1.96 bits per heavy atom. The molecule has 0 unspecified atom stereocenters. The molecule has 7 nitrogen and oxygen atoms in total. The summed E-state index contributed by atoms with van der Waals surface area (Å²) in [6, 6.07) is 11.1. The van der Waals surface area contributed by atoms with Crippen molar-refractivity contribution >= 4 is 0 Å². The summed E-state index contributed by atoms with van der Waals surface area (Å²) in [6.07, 6.45) is 4.83. The Morgan fingerprint density at radius 1 is 1.21 bits per heavy atom. The van der Waals surface area contributed by atoms with Crippen molar-refractivity contribution in [1.29, 1.82) is 5.26 Å². The number of nitriles is 1. The zero-order chi connectivity index (χ0) is 17.1. The summed E-state index contributed by atoms with van der Waals surface area (Å²) in [5.74, 6) is 0. The van der Waals surface area contributed by atoms with Gasteiger partial charge in [0.25, 0.3) is 5.56 Å². The Labute approximate surface area is 137 Å². The molecule has 2 heterocycles. The van der Waals surface area contributed by atoms with E-state index in [-0.39, 0.29) is 12.1 Å². The smallest absolute Gasteiger partial charge is 0.299 e. The minimum Gasteiger partial charge on any atom is -0.299 e. The SMILES string of the molecule is CCn1cc(C#N)c(=O)n(Cc2ccc(-n3cccn3)cc2)c1=O. The van der Waals surface area contributed by atoms with Crippen LogP contribution < -0.4 is 11.2 Å². The van der Waals surface area contributed by atoms with E-state index in [2.05, 4.69) is 5.10 Å². The average Bonchev–Trinajstić information content (AvgIpc) is 3.14. The fourth-order valence-electron chi connectivity index (χ4n) is 2.45. The first-order valence-electron chi connectivity index (χ1n) is 7.47. The standard InChI is InChI=1S/C17H15N5O2/c1-2-20-12-14(10-18)16(23)21(17(20)24)11-13-4-6-15(7-5-13)22-9-3-8-19-22/h3-9,12H,2,11H2,1H3. The lowest BCUT2D eigenvalue weighted by Crippen LogP contribution is -2.40. The number of benzene rings is 1. The zero-order valence-electron chi connectivity index (χ0n) is 13.1. The van der Waals surface area contributed by atoms with E-state index < -0.39 is 11.2 Å². The van der Waals surface area contributed by atoms with Gasteiger partial charge >= 0.3 is 5.69 Å². The molecule has 0 aliphatic carbocycles. The summed E-state index contributed by atoms with van der Waals surface area (Å²) in [7, 11) is 0. The van der Waals surface area contributed by atoms with E-state index >= 15 is 0 Å². The van der Waals surface area contributed by atoms with Crippen molar-refractivity contribution in [3.05, 3.63) is 80.9 Å². The second-order valence-corrected chi connectivity index (χ2v) is 5.23.